The molecule has 126 valence electrons. The summed E-state index contributed by atoms with van der Waals surface area (Å²) in [6.45, 7) is 4.04. The fourth-order valence-corrected chi connectivity index (χ4v) is 4.75. The van der Waals surface area contributed by atoms with Gasteiger partial charge in [0.1, 0.15) is 0 Å². The van der Waals surface area contributed by atoms with E-state index in [0.29, 0.717) is 12.5 Å². The van der Waals surface area contributed by atoms with Crippen LogP contribution in [0, 0.1) is 6.92 Å². The van der Waals surface area contributed by atoms with E-state index >= 15 is 0 Å². The zero-order valence-electron chi connectivity index (χ0n) is 14.0. The van der Waals surface area contributed by atoms with Crippen LogP contribution in [0.3, 0.4) is 0 Å². The fourth-order valence-electron chi connectivity index (χ4n) is 4.08. The molecule has 2 unspecified atom stereocenters. The molecule has 24 heavy (non-hydrogen) atoms. The number of piperidine rings is 1. The minimum absolute atomic E-state index is 0.112. The Kier molecular flexibility index (Phi) is 4.19. The summed E-state index contributed by atoms with van der Waals surface area (Å²) < 4.78 is 6.17. The lowest BCUT2D eigenvalue weighted by Gasteiger charge is -2.58. The summed E-state index contributed by atoms with van der Waals surface area (Å²) in [5.74, 6) is -0.112. The highest BCUT2D eigenvalue weighted by atomic mass is 32.1. The lowest BCUT2D eigenvalue weighted by Crippen LogP contribution is -2.70. The molecule has 0 spiro atoms. The highest BCUT2D eigenvalue weighted by molar-refractivity contribution is 7.07. The van der Waals surface area contributed by atoms with E-state index in [2.05, 4.69) is 36.1 Å². The lowest BCUT2D eigenvalue weighted by molar-refractivity contribution is -0.210. The van der Waals surface area contributed by atoms with Crippen LogP contribution in [0.4, 0.5) is 0 Å². The van der Waals surface area contributed by atoms with Gasteiger partial charge in [0, 0.05) is 6.54 Å². The van der Waals surface area contributed by atoms with Crippen molar-refractivity contribution >= 4 is 17.3 Å². The molecular formula is C20H23NO2S. The van der Waals surface area contributed by atoms with Crippen molar-refractivity contribution in [3.63, 3.8) is 0 Å². The molecule has 1 aromatic heterocycles. The molecule has 0 bridgehead atoms. The zero-order valence-corrected chi connectivity index (χ0v) is 14.8. The SMILES string of the molecule is Cc1ccc(C2(OC(=O)Cc3ccsc3)CN3CCCCC32)cc1. The van der Waals surface area contributed by atoms with E-state index in [1.54, 1.807) is 11.3 Å². The number of hydrogen-bond donors (Lipinski definition) is 0. The monoisotopic (exact) mass is 341 g/mol. The van der Waals surface area contributed by atoms with Crippen molar-refractivity contribution in [2.45, 2.75) is 44.2 Å². The molecule has 0 aliphatic carbocycles. The number of thiophene rings is 1. The van der Waals surface area contributed by atoms with E-state index in [1.165, 1.54) is 18.4 Å². The normalized spacial score (nSPS) is 26.5. The van der Waals surface area contributed by atoms with Gasteiger partial charge < -0.3 is 4.74 Å². The first kappa shape index (κ1) is 15.9. The van der Waals surface area contributed by atoms with Crippen LogP contribution in [0.2, 0.25) is 0 Å². The Balaban J connectivity index is 1.59. The third-order valence-corrected chi connectivity index (χ3v) is 6.09. The second-order valence-corrected chi connectivity index (χ2v) is 7.80. The minimum Gasteiger partial charge on any atom is -0.451 e. The van der Waals surface area contributed by atoms with Gasteiger partial charge in [0.25, 0.3) is 0 Å². The van der Waals surface area contributed by atoms with Crippen LogP contribution in [-0.4, -0.2) is 30.0 Å². The van der Waals surface area contributed by atoms with Crippen molar-refractivity contribution in [2.75, 3.05) is 13.1 Å². The summed E-state index contributed by atoms with van der Waals surface area (Å²) in [6, 6.07) is 10.8. The first-order valence-electron chi connectivity index (χ1n) is 8.71. The summed E-state index contributed by atoms with van der Waals surface area (Å²) in [6.07, 6.45) is 3.95. The lowest BCUT2D eigenvalue weighted by atomic mass is 9.73. The maximum atomic E-state index is 12.6. The Hall–Kier alpha value is -1.65. The van der Waals surface area contributed by atoms with Gasteiger partial charge in [0.2, 0.25) is 0 Å². The second-order valence-electron chi connectivity index (χ2n) is 7.02. The van der Waals surface area contributed by atoms with Crippen LogP contribution >= 0.6 is 11.3 Å². The number of aryl methyl sites for hydroxylation is 1. The first-order valence-corrected chi connectivity index (χ1v) is 9.66. The van der Waals surface area contributed by atoms with Gasteiger partial charge in [-0.3, -0.25) is 9.69 Å². The molecule has 0 N–H and O–H groups in total. The molecule has 3 nitrogen and oxygen atoms in total. The molecule has 4 rings (SSSR count). The highest BCUT2D eigenvalue weighted by Gasteiger charge is 2.57. The Bertz CT molecular complexity index is 710. The Labute approximate surface area is 147 Å². The predicted octanol–water partition coefficient (Wildman–Crippen LogP) is 3.91. The molecule has 2 aliphatic rings. The Morgan fingerprint density at radius 1 is 1.29 bits per heavy atom. The van der Waals surface area contributed by atoms with Gasteiger partial charge in [0.15, 0.2) is 5.60 Å². The predicted molar refractivity (Wildman–Crippen MR) is 96.2 cm³/mol. The van der Waals surface area contributed by atoms with Crippen molar-refractivity contribution in [3.8, 4) is 0 Å². The number of fused-ring (bicyclic) bond motifs is 1. The zero-order chi connectivity index (χ0) is 16.6. The summed E-state index contributed by atoms with van der Waals surface area (Å²) in [7, 11) is 0. The van der Waals surface area contributed by atoms with Crippen LogP contribution in [0.25, 0.3) is 0 Å². The number of carbonyl (C=O) groups excluding carboxylic acids is 1. The molecule has 2 atom stereocenters. The van der Waals surface area contributed by atoms with E-state index in [1.807, 2.05) is 16.8 Å². The summed E-state index contributed by atoms with van der Waals surface area (Å²) in [5, 5.41) is 4.03. The molecule has 0 radical (unpaired) electrons. The number of carbonyl (C=O) groups is 1. The average Bonchev–Trinajstić information content (AvgIpc) is 3.06. The first-order chi connectivity index (χ1) is 11.7. The van der Waals surface area contributed by atoms with Crippen molar-refractivity contribution in [2.24, 2.45) is 0 Å². The van der Waals surface area contributed by atoms with Crippen LogP contribution in [0.5, 0.6) is 0 Å². The molecule has 0 amide bonds. The van der Waals surface area contributed by atoms with Crippen LogP contribution < -0.4 is 0 Å². The number of esters is 1. The van der Waals surface area contributed by atoms with E-state index in [9.17, 15) is 4.79 Å². The molecule has 2 aromatic rings. The van der Waals surface area contributed by atoms with E-state index in [0.717, 1.165) is 30.6 Å². The third-order valence-electron chi connectivity index (χ3n) is 5.35. The maximum Gasteiger partial charge on any atom is 0.311 e. The minimum atomic E-state index is -0.457. The standard InChI is InChI=1S/C20H23NO2S/c1-15-5-7-17(8-6-15)20(14-21-10-3-2-4-18(20)21)23-19(22)12-16-9-11-24-13-16/h5-9,11,13,18H,2-4,10,12,14H2,1H3. The smallest absolute Gasteiger partial charge is 0.311 e. The Morgan fingerprint density at radius 2 is 2.12 bits per heavy atom. The van der Waals surface area contributed by atoms with Gasteiger partial charge in [-0.1, -0.05) is 36.2 Å². The molecule has 3 heterocycles. The van der Waals surface area contributed by atoms with E-state index in [-0.39, 0.29) is 5.97 Å². The highest BCUT2D eigenvalue weighted by Crippen LogP contribution is 2.46. The van der Waals surface area contributed by atoms with Crippen LogP contribution in [0.15, 0.2) is 41.1 Å². The van der Waals surface area contributed by atoms with Crippen molar-refractivity contribution in [3.05, 3.63) is 57.8 Å². The average molecular weight is 341 g/mol. The molecule has 0 saturated carbocycles. The van der Waals surface area contributed by atoms with Crippen molar-refractivity contribution in [1.29, 1.82) is 0 Å². The second kappa shape index (κ2) is 6.34. The van der Waals surface area contributed by atoms with E-state index < -0.39 is 5.60 Å². The van der Waals surface area contributed by atoms with Gasteiger partial charge in [0.05, 0.1) is 12.5 Å². The summed E-state index contributed by atoms with van der Waals surface area (Å²) >= 11 is 1.62. The Morgan fingerprint density at radius 3 is 2.83 bits per heavy atom. The van der Waals surface area contributed by atoms with Gasteiger partial charge in [-0.05, 0) is 54.3 Å². The molecule has 2 fully saturated rings. The van der Waals surface area contributed by atoms with E-state index in [4.69, 9.17) is 4.74 Å². The quantitative estimate of drug-likeness (QED) is 0.790. The van der Waals surface area contributed by atoms with Crippen molar-refractivity contribution < 1.29 is 9.53 Å². The summed E-state index contributed by atoms with van der Waals surface area (Å²) in [4.78, 5) is 15.1. The van der Waals surface area contributed by atoms with Gasteiger partial charge >= 0.3 is 5.97 Å². The molecule has 2 saturated heterocycles. The topological polar surface area (TPSA) is 29.5 Å². The number of benzene rings is 1. The van der Waals surface area contributed by atoms with Crippen LogP contribution in [0.1, 0.15) is 36.0 Å². The van der Waals surface area contributed by atoms with Gasteiger partial charge in [-0.15, -0.1) is 0 Å². The van der Waals surface area contributed by atoms with Crippen molar-refractivity contribution in [1.82, 2.24) is 4.90 Å². The number of rotatable bonds is 4. The van der Waals surface area contributed by atoms with Gasteiger partial charge in [-0.25, -0.2) is 0 Å². The largest absolute Gasteiger partial charge is 0.451 e. The van der Waals surface area contributed by atoms with Crippen LogP contribution in [-0.2, 0) is 21.6 Å². The number of nitrogens with zero attached hydrogens (tertiary/aromatic N) is 1. The fraction of sp³-hybridized carbons (Fsp3) is 0.450. The number of hydrogen-bond acceptors (Lipinski definition) is 4. The third kappa shape index (κ3) is 2.78. The molecular weight excluding hydrogens is 318 g/mol. The summed E-state index contributed by atoms with van der Waals surface area (Å²) in [5.41, 5.74) is 2.97. The molecule has 2 aliphatic heterocycles. The molecule has 4 heteroatoms. The van der Waals surface area contributed by atoms with Gasteiger partial charge in [-0.2, -0.15) is 11.3 Å². The number of ether oxygens (including phenoxy) is 1. The molecule has 1 aromatic carbocycles. The maximum absolute atomic E-state index is 12.6.